The Balaban J connectivity index is 1.60. The van der Waals surface area contributed by atoms with Crippen molar-refractivity contribution >= 4 is 11.9 Å². The first kappa shape index (κ1) is 15.8. The number of hydrogen-bond acceptors (Lipinski definition) is 2. The highest BCUT2D eigenvalue weighted by Crippen LogP contribution is 2.18. The summed E-state index contributed by atoms with van der Waals surface area (Å²) in [4.78, 5) is 18.4. The van der Waals surface area contributed by atoms with Crippen LogP contribution in [0, 0.1) is 0 Å². The van der Waals surface area contributed by atoms with Crippen LogP contribution in [0.3, 0.4) is 0 Å². The fraction of sp³-hybridized carbons (Fsp3) is 0.556. The third-order valence-electron chi connectivity index (χ3n) is 4.22. The molecule has 0 aromatic heterocycles. The largest absolute Gasteiger partial charge is 0.357 e. The summed E-state index contributed by atoms with van der Waals surface area (Å²) in [5, 5.41) is 6.72. The first-order valence-electron chi connectivity index (χ1n) is 8.65. The van der Waals surface area contributed by atoms with Gasteiger partial charge in [-0.25, -0.2) is 4.99 Å². The van der Waals surface area contributed by atoms with Crippen molar-refractivity contribution in [2.24, 2.45) is 4.99 Å². The van der Waals surface area contributed by atoms with Crippen LogP contribution in [0.4, 0.5) is 0 Å². The smallest absolute Gasteiger partial charge is 0.222 e. The summed E-state index contributed by atoms with van der Waals surface area (Å²) in [6.45, 7) is 5.21. The van der Waals surface area contributed by atoms with Gasteiger partial charge in [-0.1, -0.05) is 24.3 Å². The highest BCUT2D eigenvalue weighted by atomic mass is 16.2. The number of amides is 1. The van der Waals surface area contributed by atoms with E-state index in [1.54, 1.807) is 0 Å². The molecule has 1 saturated heterocycles. The highest BCUT2D eigenvalue weighted by Gasteiger charge is 2.22. The second kappa shape index (κ2) is 7.49. The van der Waals surface area contributed by atoms with Crippen LogP contribution in [-0.4, -0.2) is 35.9 Å². The van der Waals surface area contributed by atoms with Gasteiger partial charge in [0.15, 0.2) is 5.96 Å². The summed E-state index contributed by atoms with van der Waals surface area (Å²) in [7, 11) is 0. The van der Waals surface area contributed by atoms with Crippen LogP contribution in [0.15, 0.2) is 29.3 Å². The van der Waals surface area contributed by atoms with Crippen LogP contribution in [0.1, 0.15) is 43.7 Å². The van der Waals surface area contributed by atoms with Crippen LogP contribution in [-0.2, 0) is 17.9 Å². The van der Waals surface area contributed by atoms with Gasteiger partial charge in [0.2, 0.25) is 5.91 Å². The van der Waals surface area contributed by atoms with E-state index in [4.69, 9.17) is 0 Å². The molecular formula is C18H26N4O. The summed E-state index contributed by atoms with van der Waals surface area (Å²) in [6.07, 6.45) is 4.16. The zero-order chi connectivity index (χ0) is 16.1. The van der Waals surface area contributed by atoms with Gasteiger partial charge in [0.25, 0.3) is 0 Å². The molecule has 124 valence electrons. The topological polar surface area (TPSA) is 56.7 Å². The Labute approximate surface area is 138 Å². The van der Waals surface area contributed by atoms with Crippen LogP contribution >= 0.6 is 0 Å². The van der Waals surface area contributed by atoms with E-state index in [0.29, 0.717) is 19.0 Å². The molecule has 0 spiro atoms. The number of guanidine groups is 1. The Morgan fingerprint density at radius 2 is 2.17 bits per heavy atom. The Hall–Kier alpha value is -2.04. The first-order chi connectivity index (χ1) is 11.2. The number of nitrogens with zero attached hydrogens (tertiary/aromatic N) is 2. The van der Waals surface area contributed by atoms with E-state index in [9.17, 15) is 4.79 Å². The number of nitrogens with one attached hydrogen (secondary N) is 2. The lowest BCUT2D eigenvalue weighted by atomic mass is 10.1. The number of aliphatic imine (C=N–C) groups is 1. The molecule has 3 rings (SSSR count). The van der Waals surface area contributed by atoms with Gasteiger partial charge in [0.05, 0.1) is 6.54 Å². The quantitative estimate of drug-likeness (QED) is 0.624. The average molecular weight is 314 g/mol. The monoisotopic (exact) mass is 314 g/mol. The molecule has 1 amide bonds. The lowest BCUT2D eigenvalue weighted by Gasteiger charge is -2.16. The van der Waals surface area contributed by atoms with Crippen molar-refractivity contribution in [1.82, 2.24) is 15.5 Å². The van der Waals surface area contributed by atoms with Crippen LogP contribution < -0.4 is 10.6 Å². The SMILES string of the molecule is CCNC(=NCc1cccc(CN2CCCC2=O)c1)NC1CC1. The number of hydrogen-bond donors (Lipinski definition) is 2. The van der Waals surface area contributed by atoms with Gasteiger partial charge < -0.3 is 15.5 Å². The van der Waals surface area contributed by atoms with E-state index in [1.807, 2.05) is 4.90 Å². The summed E-state index contributed by atoms with van der Waals surface area (Å²) in [6, 6.07) is 9.00. The Kier molecular flexibility index (Phi) is 5.16. The summed E-state index contributed by atoms with van der Waals surface area (Å²) >= 11 is 0. The molecule has 1 aliphatic heterocycles. The van der Waals surface area contributed by atoms with Gasteiger partial charge in [-0.2, -0.15) is 0 Å². The fourth-order valence-electron chi connectivity index (χ4n) is 2.83. The molecule has 23 heavy (non-hydrogen) atoms. The molecule has 5 nitrogen and oxygen atoms in total. The van der Waals surface area contributed by atoms with E-state index < -0.39 is 0 Å². The Morgan fingerprint density at radius 3 is 2.87 bits per heavy atom. The summed E-state index contributed by atoms with van der Waals surface area (Å²) in [5.41, 5.74) is 2.37. The minimum atomic E-state index is 0.275. The normalized spacial score (nSPS) is 18.4. The molecule has 0 radical (unpaired) electrons. The van der Waals surface area contributed by atoms with E-state index in [1.165, 1.54) is 24.0 Å². The zero-order valence-electron chi connectivity index (χ0n) is 13.8. The van der Waals surface area contributed by atoms with Gasteiger partial charge in [-0.3, -0.25) is 4.79 Å². The standard InChI is InChI=1S/C18H26N4O/c1-2-19-18(21-16-8-9-16)20-12-14-5-3-6-15(11-14)13-22-10-4-7-17(22)23/h3,5-6,11,16H,2,4,7-10,12-13H2,1H3,(H2,19,20,21). The van der Waals surface area contributed by atoms with Gasteiger partial charge >= 0.3 is 0 Å². The third-order valence-corrected chi connectivity index (χ3v) is 4.22. The number of likely N-dealkylation sites (tertiary alicyclic amines) is 1. The fourth-order valence-corrected chi connectivity index (χ4v) is 2.83. The summed E-state index contributed by atoms with van der Waals surface area (Å²) < 4.78 is 0. The van der Waals surface area contributed by atoms with E-state index in [-0.39, 0.29) is 5.91 Å². The van der Waals surface area contributed by atoms with Crippen molar-refractivity contribution in [1.29, 1.82) is 0 Å². The molecule has 0 unspecified atom stereocenters. The minimum Gasteiger partial charge on any atom is -0.357 e. The Bertz CT molecular complexity index is 580. The molecule has 0 atom stereocenters. The van der Waals surface area contributed by atoms with Crippen LogP contribution in [0.25, 0.3) is 0 Å². The number of benzene rings is 1. The van der Waals surface area contributed by atoms with Gasteiger partial charge in [-0.05, 0) is 37.3 Å². The zero-order valence-corrected chi connectivity index (χ0v) is 13.8. The van der Waals surface area contributed by atoms with Crippen LogP contribution in [0.2, 0.25) is 0 Å². The molecule has 1 aromatic rings. The number of rotatable bonds is 6. The first-order valence-corrected chi connectivity index (χ1v) is 8.65. The van der Waals surface area contributed by atoms with E-state index >= 15 is 0 Å². The van der Waals surface area contributed by atoms with Gasteiger partial charge in [0.1, 0.15) is 0 Å². The van der Waals surface area contributed by atoms with Crippen molar-refractivity contribution in [3.8, 4) is 0 Å². The summed E-state index contributed by atoms with van der Waals surface area (Å²) in [5.74, 6) is 1.17. The molecule has 5 heteroatoms. The predicted molar refractivity (Wildman–Crippen MR) is 92.1 cm³/mol. The maximum Gasteiger partial charge on any atom is 0.222 e. The number of carbonyl (C=O) groups is 1. The highest BCUT2D eigenvalue weighted by molar-refractivity contribution is 5.80. The van der Waals surface area contributed by atoms with Crippen molar-refractivity contribution in [2.75, 3.05) is 13.1 Å². The second-order valence-corrected chi connectivity index (χ2v) is 6.35. The van der Waals surface area contributed by atoms with Gasteiger partial charge in [-0.15, -0.1) is 0 Å². The van der Waals surface area contributed by atoms with E-state index in [2.05, 4.69) is 46.8 Å². The van der Waals surface area contributed by atoms with Crippen LogP contribution in [0.5, 0.6) is 0 Å². The maximum absolute atomic E-state index is 11.7. The van der Waals surface area contributed by atoms with Crippen molar-refractivity contribution in [3.63, 3.8) is 0 Å². The molecule has 2 aliphatic rings. The second-order valence-electron chi connectivity index (χ2n) is 6.35. The van der Waals surface area contributed by atoms with Gasteiger partial charge in [0, 0.05) is 32.1 Å². The predicted octanol–water partition coefficient (Wildman–Crippen LogP) is 2.03. The molecule has 1 aliphatic carbocycles. The van der Waals surface area contributed by atoms with Crippen molar-refractivity contribution in [2.45, 2.75) is 51.7 Å². The molecular weight excluding hydrogens is 288 g/mol. The molecule has 1 heterocycles. The molecule has 1 aromatic carbocycles. The number of carbonyl (C=O) groups excluding carboxylic acids is 1. The lowest BCUT2D eigenvalue weighted by molar-refractivity contribution is -0.128. The maximum atomic E-state index is 11.7. The van der Waals surface area contributed by atoms with E-state index in [0.717, 1.165) is 32.0 Å². The lowest BCUT2D eigenvalue weighted by Crippen LogP contribution is -2.38. The van der Waals surface area contributed by atoms with Crippen molar-refractivity contribution in [3.05, 3.63) is 35.4 Å². The molecule has 1 saturated carbocycles. The molecule has 0 bridgehead atoms. The molecule has 2 N–H and O–H groups in total. The molecule has 2 fully saturated rings. The minimum absolute atomic E-state index is 0.275. The average Bonchev–Trinajstić information content (AvgIpc) is 3.28. The Morgan fingerprint density at radius 1 is 1.35 bits per heavy atom. The van der Waals surface area contributed by atoms with Crippen molar-refractivity contribution < 1.29 is 4.79 Å². The third kappa shape index (κ3) is 4.71.